The molecule has 0 aliphatic rings. The molecule has 0 saturated heterocycles. The fourth-order valence-electron chi connectivity index (χ4n) is 1.43. The number of aliphatic hydroxyl groups is 1. The smallest absolute Gasteiger partial charge is 0.125 e. The quantitative estimate of drug-likeness (QED) is 0.710. The molecule has 1 N–H and O–H groups in total. The van der Waals surface area contributed by atoms with E-state index in [9.17, 15) is 5.11 Å². The monoisotopic (exact) mass is 318 g/mol. The van der Waals surface area contributed by atoms with Crippen molar-refractivity contribution in [3.05, 3.63) is 28.2 Å². The van der Waals surface area contributed by atoms with Crippen molar-refractivity contribution in [3.8, 4) is 5.75 Å². The number of ether oxygens (including phenoxy) is 3. The van der Waals surface area contributed by atoms with E-state index >= 15 is 0 Å². The minimum atomic E-state index is -0.0382. The molecular formula is C13H19BrO4. The van der Waals surface area contributed by atoms with Crippen LogP contribution < -0.4 is 4.74 Å². The van der Waals surface area contributed by atoms with Gasteiger partial charge in [0.2, 0.25) is 0 Å². The molecule has 1 aromatic rings. The van der Waals surface area contributed by atoms with Gasteiger partial charge in [0, 0.05) is 30.4 Å². The molecule has 1 rings (SSSR count). The highest BCUT2D eigenvalue weighted by atomic mass is 79.9. The van der Waals surface area contributed by atoms with E-state index in [2.05, 4.69) is 15.9 Å². The molecule has 0 aliphatic carbocycles. The summed E-state index contributed by atoms with van der Waals surface area (Å²) in [4.78, 5) is 0. The van der Waals surface area contributed by atoms with Gasteiger partial charge in [-0.15, -0.1) is 0 Å². The highest BCUT2D eigenvalue weighted by molar-refractivity contribution is 9.10. The van der Waals surface area contributed by atoms with Crippen LogP contribution in [0.15, 0.2) is 22.7 Å². The summed E-state index contributed by atoms with van der Waals surface area (Å²) >= 11 is 3.35. The molecular weight excluding hydrogens is 300 g/mol. The summed E-state index contributed by atoms with van der Waals surface area (Å²) in [7, 11) is 1.67. The van der Waals surface area contributed by atoms with Crippen LogP contribution >= 0.6 is 15.9 Å². The third kappa shape index (κ3) is 5.82. The Morgan fingerprint density at radius 3 is 2.72 bits per heavy atom. The van der Waals surface area contributed by atoms with Gasteiger partial charge in [-0.2, -0.15) is 0 Å². The van der Waals surface area contributed by atoms with Crippen molar-refractivity contribution in [2.45, 2.75) is 13.0 Å². The Kier molecular flexibility index (Phi) is 8.00. The highest BCUT2D eigenvalue weighted by Crippen LogP contribution is 2.23. The SMILES string of the molecule is COCCCOCCOc1ccc(Br)cc1CO. The third-order valence-corrected chi connectivity index (χ3v) is 2.81. The van der Waals surface area contributed by atoms with Crippen LogP contribution in [0.2, 0.25) is 0 Å². The van der Waals surface area contributed by atoms with Crippen LogP contribution in [0.5, 0.6) is 5.75 Å². The Labute approximate surface area is 116 Å². The van der Waals surface area contributed by atoms with Gasteiger partial charge in [0.05, 0.1) is 13.2 Å². The Morgan fingerprint density at radius 2 is 2.00 bits per heavy atom. The van der Waals surface area contributed by atoms with Crippen molar-refractivity contribution in [2.75, 3.05) is 33.5 Å². The highest BCUT2D eigenvalue weighted by Gasteiger charge is 2.03. The Hall–Kier alpha value is -0.620. The van der Waals surface area contributed by atoms with Crippen LogP contribution in [0.1, 0.15) is 12.0 Å². The maximum Gasteiger partial charge on any atom is 0.125 e. The molecule has 0 amide bonds. The van der Waals surface area contributed by atoms with Crippen LogP contribution in [0, 0.1) is 0 Å². The third-order valence-electron chi connectivity index (χ3n) is 2.32. The summed E-state index contributed by atoms with van der Waals surface area (Å²) in [5.41, 5.74) is 0.767. The predicted octanol–water partition coefficient (Wildman–Crippen LogP) is 2.37. The summed E-state index contributed by atoms with van der Waals surface area (Å²) in [5, 5.41) is 9.20. The molecule has 0 heterocycles. The standard InChI is InChI=1S/C13H19BrO4/c1-16-5-2-6-17-7-8-18-13-4-3-12(14)9-11(13)10-15/h3-4,9,15H,2,5-8,10H2,1H3. The van der Waals surface area contributed by atoms with E-state index in [1.54, 1.807) is 7.11 Å². The van der Waals surface area contributed by atoms with E-state index in [0.717, 1.165) is 16.5 Å². The van der Waals surface area contributed by atoms with Crippen molar-refractivity contribution in [3.63, 3.8) is 0 Å². The maximum atomic E-state index is 9.20. The molecule has 0 atom stereocenters. The Morgan fingerprint density at radius 1 is 1.17 bits per heavy atom. The molecule has 0 unspecified atom stereocenters. The Balaban J connectivity index is 2.22. The number of methoxy groups -OCH3 is 1. The summed E-state index contributed by atoms with van der Waals surface area (Å²) in [6, 6.07) is 5.56. The first-order valence-electron chi connectivity index (χ1n) is 5.86. The molecule has 0 fully saturated rings. The molecule has 5 heteroatoms. The van der Waals surface area contributed by atoms with Crippen molar-refractivity contribution in [1.29, 1.82) is 0 Å². The fourth-order valence-corrected chi connectivity index (χ4v) is 1.84. The van der Waals surface area contributed by atoms with Crippen LogP contribution in [0.3, 0.4) is 0 Å². The van der Waals surface area contributed by atoms with E-state index < -0.39 is 0 Å². The second-order valence-electron chi connectivity index (χ2n) is 3.72. The molecule has 0 bridgehead atoms. The number of hydrogen-bond donors (Lipinski definition) is 1. The zero-order valence-electron chi connectivity index (χ0n) is 10.5. The summed E-state index contributed by atoms with van der Waals surface area (Å²) < 4.78 is 16.8. The normalized spacial score (nSPS) is 10.6. The van der Waals surface area contributed by atoms with Gasteiger partial charge in [0.1, 0.15) is 12.4 Å². The van der Waals surface area contributed by atoms with Gasteiger partial charge in [-0.3, -0.25) is 0 Å². The lowest BCUT2D eigenvalue weighted by Gasteiger charge is -2.10. The van der Waals surface area contributed by atoms with Gasteiger partial charge in [-0.1, -0.05) is 15.9 Å². The van der Waals surface area contributed by atoms with Gasteiger partial charge in [0.25, 0.3) is 0 Å². The summed E-state index contributed by atoms with van der Waals surface area (Å²) in [6.45, 7) is 2.35. The van der Waals surface area contributed by atoms with Gasteiger partial charge in [0.15, 0.2) is 0 Å². The van der Waals surface area contributed by atoms with Gasteiger partial charge >= 0.3 is 0 Å². The molecule has 0 saturated carbocycles. The van der Waals surface area contributed by atoms with E-state index in [-0.39, 0.29) is 6.61 Å². The molecule has 0 spiro atoms. The molecule has 0 radical (unpaired) electrons. The molecule has 4 nitrogen and oxygen atoms in total. The number of benzene rings is 1. The molecule has 18 heavy (non-hydrogen) atoms. The van der Waals surface area contributed by atoms with Crippen LogP contribution in [-0.4, -0.2) is 38.6 Å². The van der Waals surface area contributed by atoms with Crippen LogP contribution in [-0.2, 0) is 16.1 Å². The zero-order chi connectivity index (χ0) is 13.2. The lowest BCUT2D eigenvalue weighted by Crippen LogP contribution is -2.09. The maximum absolute atomic E-state index is 9.20. The average molecular weight is 319 g/mol. The topological polar surface area (TPSA) is 47.9 Å². The lowest BCUT2D eigenvalue weighted by molar-refractivity contribution is 0.0800. The van der Waals surface area contributed by atoms with Crippen molar-refractivity contribution >= 4 is 15.9 Å². The second kappa shape index (κ2) is 9.33. The van der Waals surface area contributed by atoms with Crippen LogP contribution in [0.25, 0.3) is 0 Å². The largest absolute Gasteiger partial charge is 0.491 e. The zero-order valence-corrected chi connectivity index (χ0v) is 12.1. The molecule has 0 aliphatic heterocycles. The predicted molar refractivity (Wildman–Crippen MR) is 72.9 cm³/mol. The minimum Gasteiger partial charge on any atom is -0.491 e. The molecule has 1 aromatic carbocycles. The number of hydrogen-bond acceptors (Lipinski definition) is 4. The lowest BCUT2D eigenvalue weighted by atomic mass is 10.2. The van der Waals surface area contributed by atoms with E-state index in [1.165, 1.54) is 0 Å². The van der Waals surface area contributed by atoms with E-state index in [0.29, 0.717) is 32.2 Å². The molecule has 102 valence electrons. The summed E-state index contributed by atoms with van der Waals surface area (Å²) in [5.74, 6) is 0.696. The number of rotatable bonds is 9. The average Bonchev–Trinajstić information content (AvgIpc) is 2.39. The van der Waals surface area contributed by atoms with Crippen molar-refractivity contribution in [1.82, 2.24) is 0 Å². The molecule has 0 aromatic heterocycles. The minimum absolute atomic E-state index is 0.0382. The van der Waals surface area contributed by atoms with Gasteiger partial charge < -0.3 is 19.3 Å². The second-order valence-corrected chi connectivity index (χ2v) is 4.63. The number of aliphatic hydroxyl groups excluding tert-OH is 1. The Bertz CT molecular complexity index is 344. The number of halogens is 1. The first kappa shape index (κ1) is 15.4. The first-order chi connectivity index (χ1) is 8.77. The first-order valence-corrected chi connectivity index (χ1v) is 6.66. The van der Waals surface area contributed by atoms with Crippen molar-refractivity contribution < 1.29 is 19.3 Å². The van der Waals surface area contributed by atoms with E-state index in [4.69, 9.17) is 14.2 Å². The van der Waals surface area contributed by atoms with Crippen LogP contribution in [0.4, 0.5) is 0 Å². The summed E-state index contributed by atoms with van der Waals surface area (Å²) in [6.07, 6.45) is 0.886. The van der Waals surface area contributed by atoms with Crippen molar-refractivity contribution in [2.24, 2.45) is 0 Å². The van der Waals surface area contributed by atoms with Gasteiger partial charge in [-0.25, -0.2) is 0 Å². The van der Waals surface area contributed by atoms with E-state index in [1.807, 2.05) is 18.2 Å². The fraction of sp³-hybridized carbons (Fsp3) is 0.538. The van der Waals surface area contributed by atoms with Gasteiger partial charge in [-0.05, 0) is 24.6 Å².